The third kappa shape index (κ3) is 2.83. The predicted molar refractivity (Wildman–Crippen MR) is 74.5 cm³/mol. The van der Waals surface area contributed by atoms with Crippen LogP contribution in [0.2, 0.25) is 0 Å². The molecule has 0 unspecified atom stereocenters. The zero-order chi connectivity index (χ0) is 14.9. The average molecular weight is 296 g/mol. The quantitative estimate of drug-likeness (QED) is 0.757. The molecule has 2 rings (SSSR count). The molecule has 0 aliphatic carbocycles. The van der Waals surface area contributed by atoms with Crippen LogP contribution >= 0.6 is 0 Å². The highest BCUT2D eigenvalue weighted by atomic mass is 32.2. The number of nitrogens with one attached hydrogen (secondary N) is 1. The van der Waals surface area contributed by atoms with Crippen LogP contribution < -0.4 is 10.5 Å². The van der Waals surface area contributed by atoms with Gasteiger partial charge in [0.15, 0.2) is 0 Å². The van der Waals surface area contributed by atoms with E-state index in [1.807, 2.05) is 0 Å². The van der Waals surface area contributed by atoms with Crippen LogP contribution in [-0.2, 0) is 10.0 Å². The Balaban J connectivity index is 2.46. The number of aromatic hydroxyl groups is 1. The monoisotopic (exact) mass is 296 g/mol. The van der Waals surface area contributed by atoms with Gasteiger partial charge in [-0.3, -0.25) is 4.72 Å². The molecule has 0 bridgehead atoms. The lowest BCUT2D eigenvalue weighted by Gasteiger charge is -2.11. The summed E-state index contributed by atoms with van der Waals surface area (Å²) in [5, 5.41) is 9.29. The molecule has 0 aliphatic heterocycles. The van der Waals surface area contributed by atoms with Crippen molar-refractivity contribution in [2.75, 3.05) is 10.5 Å². The average Bonchev–Trinajstić information content (AvgIpc) is 2.33. The fraction of sp³-hybridized carbons (Fsp3) is 0.0769. The Kier molecular flexibility index (Phi) is 3.54. The second kappa shape index (κ2) is 5.01. The van der Waals surface area contributed by atoms with Crippen molar-refractivity contribution < 1.29 is 17.9 Å². The Hall–Kier alpha value is -2.28. The lowest BCUT2D eigenvalue weighted by molar-refractivity contribution is 0.475. The van der Waals surface area contributed by atoms with Crippen LogP contribution in [0.3, 0.4) is 0 Å². The minimum atomic E-state index is -4.12. The maximum atomic E-state index is 13.9. The number of sulfonamides is 1. The van der Waals surface area contributed by atoms with E-state index in [1.165, 1.54) is 37.3 Å². The van der Waals surface area contributed by atoms with Crippen LogP contribution in [0.1, 0.15) is 5.56 Å². The minimum absolute atomic E-state index is 0.102. The molecule has 5 nitrogen and oxygen atoms in total. The number of benzene rings is 2. The molecule has 4 N–H and O–H groups in total. The first-order valence-corrected chi connectivity index (χ1v) is 7.15. The molecule has 106 valence electrons. The van der Waals surface area contributed by atoms with E-state index >= 15 is 0 Å². The Morgan fingerprint density at radius 2 is 1.95 bits per heavy atom. The summed E-state index contributed by atoms with van der Waals surface area (Å²) in [4.78, 5) is -0.529. The standard InChI is InChI=1S/C13H13FN2O3S/c1-8-5-9(15)6-12(13(8)14)20(18,19)16-10-3-2-4-11(17)7-10/h2-7,16-17H,15H2,1H3. The first-order chi connectivity index (χ1) is 9.29. The Bertz CT molecular complexity index is 760. The van der Waals surface area contributed by atoms with Gasteiger partial charge in [0.2, 0.25) is 0 Å². The van der Waals surface area contributed by atoms with Gasteiger partial charge in [0.05, 0.1) is 5.69 Å². The van der Waals surface area contributed by atoms with Gasteiger partial charge < -0.3 is 10.8 Å². The molecule has 0 spiro atoms. The van der Waals surface area contributed by atoms with E-state index in [2.05, 4.69) is 4.72 Å². The maximum absolute atomic E-state index is 13.9. The summed E-state index contributed by atoms with van der Waals surface area (Å²) in [5.41, 5.74) is 5.97. The predicted octanol–water partition coefficient (Wildman–Crippen LogP) is 2.22. The van der Waals surface area contributed by atoms with Gasteiger partial charge in [0, 0.05) is 11.8 Å². The molecule has 20 heavy (non-hydrogen) atoms. The Morgan fingerprint density at radius 1 is 1.25 bits per heavy atom. The highest BCUT2D eigenvalue weighted by Crippen LogP contribution is 2.25. The molecule has 0 amide bonds. The van der Waals surface area contributed by atoms with Crippen molar-refractivity contribution in [1.29, 1.82) is 0 Å². The molecule has 0 radical (unpaired) electrons. The van der Waals surface area contributed by atoms with Crippen LogP contribution in [0.4, 0.5) is 15.8 Å². The summed E-state index contributed by atoms with van der Waals surface area (Å²) in [6.07, 6.45) is 0. The number of hydrogen-bond donors (Lipinski definition) is 3. The lowest BCUT2D eigenvalue weighted by Crippen LogP contribution is -2.15. The van der Waals surface area contributed by atoms with E-state index in [4.69, 9.17) is 5.73 Å². The normalized spacial score (nSPS) is 11.3. The van der Waals surface area contributed by atoms with Gasteiger partial charge in [-0.2, -0.15) is 0 Å². The molecule has 0 saturated carbocycles. The van der Waals surface area contributed by atoms with Crippen molar-refractivity contribution in [3.8, 4) is 5.75 Å². The van der Waals surface area contributed by atoms with Crippen LogP contribution in [0.15, 0.2) is 41.3 Å². The molecule has 0 aliphatic rings. The number of aryl methyl sites for hydroxylation is 1. The van der Waals surface area contributed by atoms with Gasteiger partial charge in [-0.15, -0.1) is 0 Å². The molecular weight excluding hydrogens is 283 g/mol. The second-order valence-corrected chi connectivity index (χ2v) is 5.96. The summed E-state index contributed by atoms with van der Waals surface area (Å²) in [5.74, 6) is -0.957. The van der Waals surface area contributed by atoms with Crippen LogP contribution in [-0.4, -0.2) is 13.5 Å². The number of phenolic OH excluding ortho intramolecular Hbond substituents is 1. The summed E-state index contributed by atoms with van der Waals surface area (Å²) in [6.45, 7) is 1.43. The number of nitrogens with two attached hydrogens (primary N) is 1. The second-order valence-electron chi connectivity index (χ2n) is 4.31. The van der Waals surface area contributed by atoms with Crippen LogP contribution in [0.25, 0.3) is 0 Å². The number of rotatable bonds is 3. The smallest absolute Gasteiger partial charge is 0.264 e. The summed E-state index contributed by atoms with van der Waals surface area (Å²) in [6, 6.07) is 7.91. The summed E-state index contributed by atoms with van der Waals surface area (Å²) < 4.78 is 40.4. The molecule has 2 aromatic carbocycles. The van der Waals surface area contributed by atoms with Crippen LogP contribution in [0.5, 0.6) is 5.75 Å². The highest BCUT2D eigenvalue weighted by molar-refractivity contribution is 7.92. The van der Waals surface area contributed by atoms with Crippen molar-refractivity contribution in [3.05, 3.63) is 47.8 Å². The molecule has 2 aromatic rings. The van der Waals surface area contributed by atoms with Crippen molar-refractivity contribution in [1.82, 2.24) is 0 Å². The van der Waals surface area contributed by atoms with E-state index in [0.29, 0.717) is 0 Å². The number of hydrogen-bond acceptors (Lipinski definition) is 4. The molecule has 0 aromatic heterocycles. The van der Waals surface area contributed by atoms with Gasteiger partial charge in [0.25, 0.3) is 10.0 Å². The lowest BCUT2D eigenvalue weighted by atomic mass is 10.2. The molecular formula is C13H13FN2O3S. The Labute approximate surface area is 115 Å². The minimum Gasteiger partial charge on any atom is -0.508 e. The highest BCUT2D eigenvalue weighted by Gasteiger charge is 2.21. The zero-order valence-corrected chi connectivity index (χ0v) is 11.4. The fourth-order valence-corrected chi connectivity index (χ4v) is 2.97. The third-order valence-electron chi connectivity index (χ3n) is 2.63. The van der Waals surface area contributed by atoms with E-state index in [9.17, 15) is 17.9 Å². The number of phenols is 1. The van der Waals surface area contributed by atoms with Gasteiger partial charge in [-0.1, -0.05) is 6.07 Å². The van der Waals surface area contributed by atoms with Crippen LogP contribution in [0, 0.1) is 12.7 Å². The first-order valence-electron chi connectivity index (χ1n) is 5.67. The number of halogens is 1. The Morgan fingerprint density at radius 3 is 2.60 bits per heavy atom. The van der Waals surface area contributed by atoms with Crippen molar-refractivity contribution in [3.63, 3.8) is 0 Å². The molecule has 0 saturated heterocycles. The first kappa shape index (κ1) is 14.1. The summed E-state index contributed by atoms with van der Waals surface area (Å²) >= 11 is 0. The van der Waals surface area contributed by atoms with Crippen molar-refractivity contribution in [2.24, 2.45) is 0 Å². The van der Waals surface area contributed by atoms with Gasteiger partial charge in [0.1, 0.15) is 16.5 Å². The molecule has 0 heterocycles. The van der Waals surface area contributed by atoms with E-state index in [0.717, 1.165) is 6.07 Å². The largest absolute Gasteiger partial charge is 0.508 e. The molecule has 0 fully saturated rings. The number of anilines is 2. The molecule has 7 heteroatoms. The SMILES string of the molecule is Cc1cc(N)cc(S(=O)(=O)Nc2cccc(O)c2)c1F. The third-order valence-corrected chi connectivity index (χ3v) is 4.01. The van der Waals surface area contributed by atoms with E-state index < -0.39 is 20.7 Å². The number of nitrogen functional groups attached to an aromatic ring is 1. The van der Waals surface area contributed by atoms with E-state index in [1.54, 1.807) is 0 Å². The summed E-state index contributed by atoms with van der Waals surface area (Å²) in [7, 11) is -4.12. The van der Waals surface area contributed by atoms with Crippen molar-refractivity contribution >= 4 is 21.4 Å². The topological polar surface area (TPSA) is 92.4 Å². The zero-order valence-electron chi connectivity index (χ0n) is 10.6. The van der Waals surface area contributed by atoms with Gasteiger partial charge in [-0.05, 0) is 36.8 Å². The van der Waals surface area contributed by atoms with Crippen molar-refractivity contribution in [2.45, 2.75) is 11.8 Å². The fourth-order valence-electron chi connectivity index (χ4n) is 1.74. The van der Waals surface area contributed by atoms with E-state index in [-0.39, 0.29) is 22.7 Å². The van der Waals surface area contributed by atoms with Gasteiger partial charge >= 0.3 is 0 Å². The maximum Gasteiger partial charge on any atom is 0.264 e. The van der Waals surface area contributed by atoms with Gasteiger partial charge in [-0.25, -0.2) is 12.8 Å². The molecule has 0 atom stereocenters.